The summed E-state index contributed by atoms with van der Waals surface area (Å²) in [6.45, 7) is 0.262. The van der Waals surface area contributed by atoms with E-state index < -0.39 is 6.09 Å². The number of benzene rings is 2. The normalized spacial score (nSPS) is 10.0. The molecule has 0 aliphatic heterocycles. The highest BCUT2D eigenvalue weighted by atomic mass is 35.5. The van der Waals surface area contributed by atoms with Gasteiger partial charge < -0.3 is 4.74 Å². The van der Waals surface area contributed by atoms with Crippen LogP contribution in [-0.2, 0) is 11.3 Å². The second-order valence-corrected chi connectivity index (χ2v) is 4.51. The maximum absolute atomic E-state index is 11.9. The number of anilines is 1. The molecule has 0 N–H and O–H groups in total. The third-order valence-corrected chi connectivity index (χ3v) is 2.94. The summed E-state index contributed by atoms with van der Waals surface area (Å²) in [5, 5.41) is 0.634. The highest BCUT2D eigenvalue weighted by Gasteiger charge is 2.12. The van der Waals surface area contributed by atoms with Gasteiger partial charge in [-0.1, -0.05) is 41.9 Å². The molecule has 2 rings (SSSR count). The van der Waals surface area contributed by atoms with Crippen LogP contribution in [0.3, 0.4) is 0 Å². The summed E-state index contributed by atoms with van der Waals surface area (Å²) < 4.78 is 5.23. The lowest BCUT2D eigenvalue weighted by molar-refractivity contribution is 0.148. The van der Waals surface area contributed by atoms with Gasteiger partial charge in [0, 0.05) is 17.8 Å². The number of amides is 1. The third-order valence-electron chi connectivity index (χ3n) is 2.69. The fraction of sp³-hybridized carbons (Fsp3) is 0.133. The Hall–Kier alpha value is -2.00. The van der Waals surface area contributed by atoms with Gasteiger partial charge in [0.1, 0.15) is 6.61 Å². The average molecular weight is 276 g/mol. The van der Waals surface area contributed by atoms with E-state index >= 15 is 0 Å². The molecule has 0 radical (unpaired) electrons. The van der Waals surface area contributed by atoms with Crippen molar-refractivity contribution in [3.8, 4) is 0 Å². The average Bonchev–Trinajstić information content (AvgIpc) is 2.46. The van der Waals surface area contributed by atoms with E-state index in [-0.39, 0.29) is 6.61 Å². The minimum atomic E-state index is -0.397. The summed E-state index contributed by atoms with van der Waals surface area (Å²) in [6.07, 6.45) is -0.397. The molecule has 4 heteroatoms. The zero-order valence-corrected chi connectivity index (χ0v) is 11.3. The van der Waals surface area contributed by atoms with Crippen LogP contribution in [0.1, 0.15) is 5.56 Å². The number of carbonyl (C=O) groups excluding carboxylic acids is 1. The van der Waals surface area contributed by atoms with Gasteiger partial charge in [-0.05, 0) is 29.8 Å². The topological polar surface area (TPSA) is 29.5 Å². The van der Waals surface area contributed by atoms with Crippen molar-refractivity contribution in [2.45, 2.75) is 6.61 Å². The van der Waals surface area contributed by atoms with Crippen molar-refractivity contribution < 1.29 is 9.53 Å². The van der Waals surface area contributed by atoms with E-state index in [0.29, 0.717) is 5.02 Å². The molecule has 0 atom stereocenters. The van der Waals surface area contributed by atoms with Crippen molar-refractivity contribution in [1.29, 1.82) is 0 Å². The molecule has 0 unspecified atom stereocenters. The molecule has 0 aromatic heterocycles. The molecule has 0 saturated heterocycles. The molecule has 0 aliphatic carbocycles. The van der Waals surface area contributed by atoms with E-state index in [4.69, 9.17) is 16.3 Å². The molecule has 2 aromatic rings. The van der Waals surface area contributed by atoms with Crippen LogP contribution in [-0.4, -0.2) is 13.1 Å². The lowest BCUT2D eigenvalue weighted by Gasteiger charge is -2.17. The SMILES string of the molecule is CN(C(=O)OCc1ccccc1)c1ccc(Cl)cc1. The minimum absolute atomic E-state index is 0.262. The zero-order chi connectivity index (χ0) is 13.7. The minimum Gasteiger partial charge on any atom is -0.444 e. The Morgan fingerprint density at radius 2 is 1.74 bits per heavy atom. The van der Waals surface area contributed by atoms with E-state index in [0.717, 1.165) is 11.3 Å². The van der Waals surface area contributed by atoms with Crippen LogP contribution in [0.5, 0.6) is 0 Å². The first-order chi connectivity index (χ1) is 9.16. The number of hydrogen-bond donors (Lipinski definition) is 0. The first-order valence-corrected chi connectivity index (χ1v) is 6.24. The maximum atomic E-state index is 11.9. The number of halogens is 1. The molecule has 0 aliphatic rings. The molecule has 0 heterocycles. The van der Waals surface area contributed by atoms with Crippen molar-refractivity contribution in [1.82, 2.24) is 0 Å². The smallest absolute Gasteiger partial charge is 0.414 e. The molecule has 0 saturated carbocycles. The first-order valence-electron chi connectivity index (χ1n) is 5.87. The first kappa shape index (κ1) is 13.4. The van der Waals surface area contributed by atoms with Crippen molar-refractivity contribution >= 4 is 23.4 Å². The lowest BCUT2D eigenvalue weighted by Crippen LogP contribution is -2.26. The Labute approximate surface area is 117 Å². The number of carbonyl (C=O) groups is 1. The number of nitrogens with zero attached hydrogens (tertiary/aromatic N) is 1. The van der Waals surface area contributed by atoms with Crippen LogP contribution in [0.15, 0.2) is 54.6 Å². The Kier molecular flexibility index (Phi) is 4.42. The van der Waals surface area contributed by atoms with Gasteiger partial charge in [-0.15, -0.1) is 0 Å². The van der Waals surface area contributed by atoms with Gasteiger partial charge in [0.15, 0.2) is 0 Å². The Bertz CT molecular complexity index is 540. The van der Waals surface area contributed by atoms with Crippen LogP contribution in [0.4, 0.5) is 10.5 Å². The van der Waals surface area contributed by atoms with Crippen molar-refractivity contribution in [3.63, 3.8) is 0 Å². The Balaban J connectivity index is 1.94. The molecule has 0 bridgehead atoms. The maximum Gasteiger partial charge on any atom is 0.414 e. The van der Waals surface area contributed by atoms with E-state index in [2.05, 4.69) is 0 Å². The second kappa shape index (κ2) is 6.25. The standard InChI is InChI=1S/C15H14ClNO2/c1-17(14-9-7-13(16)8-10-14)15(18)19-11-12-5-3-2-4-6-12/h2-10H,11H2,1H3. The van der Waals surface area contributed by atoms with Crippen LogP contribution in [0.2, 0.25) is 5.02 Å². The van der Waals surface area contributed by atoms with Gasteiger partial charge in [-0.3, -0.25) is 4.90 Å². The molecular formula is C15H14ClNO2. The van der Waals surface area contributed by atoms with Gasteiger partial charge >= 0.3 is 6.09 Å². The zero-order valence-electron chi connectivity index (χ0n) is 10.5. The van der Waals surface area contributed by atoms with Crippen LogP contribution < -0.4 is 4.90 Å². The Morgan fingerprint density at radius 3 is 2.37 bits per heavy atom. The predicted octanol–water partition coefficient (Wildman–Crippen LogP) is 4.11. The fourth-order valence-corrected chi connectivity index (χ4v) is 1.71. The van der Waals surface area contributed by atoms with Gasteiger partial charge in [0.05, 0.1) is 0 Å². The summed E-state index contributed by atoms with van der Waals surface area (Å²) in [5.74, 6) is 0. The molecule has 98 valence electrons. The number of ether oxygens (including phenoxy) is 1. The summed E-state index contributed by atoms with van der Waals surface area (Å²) in [5.41, 5.74) is 1.70. The highest BCUT2D eigenvalue weighted by Crippen LogP contribution is 2.17. The Morgan fingerprint density at radius 1 is 1.11 bits per heavy atom. The molecule has 0 spiro atoms. The summed E-state index contributed by atoms with van der Waals surface area (Å²) in [6, 6.07) is 16.6. The van der Waals surface area contributed by atoms with Crippen molar-refractivity contribution in [2.75, 3.05) is 11.9 Å². The van der Waals surface area contributed by atoms with Gasteiger partial charge in [0.25, 0.3) is 0 Å². The van der Waals surface area contributed by atoms with Crippen molar-refractivity contribution in [3.05, 3.63) is 65.2 Å². The quantitative estimate of drug-likeness (QED) is 0.843. The van der Waals surface area contributed by atoms with E-state index in [1.54, 1.807) is 31.3 Å². The molecule has 0 fully saturated rings. The molecule has 1 amide bonds. The lowest BCUT2D eigenvalue weighted by atomic mass is 10.2. The molecule has 19 heavy (non-hydrogen) atoms. The summed E-state index contributed by atoms with van der Waals surface area (Å²) in [4.78, 5) is 13.3. The summed E-state index contributed by atoms with van der Waals surface area (Å²) in [7, 11) is 1.66. The van der Waals surface area contributed by atoms with Crippen LogP contribution in [0.25, 0.3) is 0 Å². The van der Waals surface area contributed by atoms with Gasteiger partial charge in [-0.2, -0.15) is 0 Å². The fourth-order valence-electron chi connectivity index (χ4n) is 1.59. The van der Waals surface area contributed by atoms with Gasteiger partial charge in [-0.25, -0.2) is 4.79 Å². The van der Waals surface area contributed by atoms with Crippen molar-refractivity contribution in [2.24, 2.45) is 0 Å². The molecular weight excluding hydrogens is 262 g/mol. The largest absolute Gasteiger partial charge is 0.444 e. The predicted molar refractivity (Wildman–Crippen MR) is 76.5 cm³/mol. The number of rotatable bonds is 3. The van der Waals surface area contributed by atoms with E-state index in [9.17, 15) is 4.79 Å². The highest BCUT2D eigenvalue weighted by molar-refractivity contribution is 6.30. The van der Waals surface area contributed by atoms with E-state index in [1.807, 2.05) is 30.3 Å². The molecule has 2 aromatic carbocycles. The third kappa shape index (κ3) is 3.73. The number of hydrogen-bond acceptors (Lipinski definition) is 2. The second-order valence-electron chi connectivity index (χ2n) is 4.08. The van der Waals surface area contributed by atoms with Gasteiger partial charge in [0.2, 0.25) is 0 Å². The van der Waals surface area contributed by atoms with E-state index in [1.165, 1.54) is 4.90 Å². The van der Waals surface area contributed by atoms with Crippen LogP contribution in [0, 0.1) is 0 Å². The summed E-state index contributed by atoms with van der Waals surface area (Å²) >= 11 is 5.80. The monoisotopic (exact) mass is 275 g/mol. The molecule has 3 nitrogen and oxygen atoms in total. The van der Waals surface area contributed by atoms with Crippen LogP contribution >= 0.6 is 11.6 Å².